The quantitative estimate of drug-likeness (QED) is 0.718. The van der Waals surface area contributed by atoms with Crippen molar-refractivity contribution in [3.63, 3.8) is 0 Å². The van der Waals surface area contributed by atoms with Crippen LogP contribution in [0, 0.1) is 0 Å². The van der Waals surface area contributed by atoms with Gasteiger partial charge in [-0.1, -0.05) is 0 Å². The number of rotatable bonds is 3. The van der Waals surface area contributed by atoms with Crippen molar-refractivity contribution in [1.82, 2.24) is 10.6 Å². The van der Waals surface area contributed by atoms with Crippen LogP contribution in [0.25, 0.3) is 0 Å². The second-order valence-electron chi connectivity index (χ2n) is 4.44. The molecule has 0 aromatic heterocycles. The highest BCUT2D eigenvalue weighted by molar-refractivity contribution is 8.00. The Hall–Kier alpha value is 0.230. The first-order chi connectivity index (χ1) is 6.79. The van der Waals surface area contributed by atoms with E-state index in [1.54, 1.807) is 0 Å². The highest BCUT2D eigenvalue weighted by atomic mass is 32.2. The summed E-state index contributed by atoms with van der Waals surface area (Å²) in [6, 6.07) is 0. The molecule has 2 aliphatic rings. The topological polar surface area (TPSA) is 33.3 Å². The minimum absolute atomic E-state index is 0.234. The van der Waals surface area contributed by atoms with Gasteiger partial charge in [0, 0.05) is 42.8 Å². The van der Waals surface area contributed by atoms with E-state index in [4.69, 9.17) is 4.74 Å². The van der Waals surface area contributed by atoms with Crippen molar-refractivity contribution < 1.29 is 4.74 Å². The van der Waals surface area contributed by atoms with E-state index in [2.05, 4.69) is 29.3 Å². The number of nitrogens with one attached hydrogen (secondary N) is 2. The molecule has 0 bridgehead atoms. The van der Waals surface area contributed by atoms with Crippen molar-refractivity contribution in [3.8, 4) is 0 Å². The van der Waals surface area contributed by atoms with Crippen LogP contribution in [0.2, 0.25) is 0 Å². The molecule has 0 spiro atoms. The van der Waals surface area contributed by atoms with Crippen molar-refractivity contribution in [2.24, 2.45) is 0 Å². The Bertz CT molecular complexity index is 177. The van der Waals surface area contributed by atoms with Crippen molar-refractivity contribution in [2.75, 3.05) is 38.6 Å². The van der Waals surface area contributed by atoms with Gasteiger partial charge in [-0.15, -0.1) is 0 Å². The molecule has 2 N–H and O–H groups in total. The number of hydrogen-bond donors (Lipinski definition) is 2. The SMILES string of the molecule is CC1(NCC2CNCCS2)CCOC1. The zero-order valence-electron chi connectivity index (χ0n) is 8.84. The summed E-state index contributed by atoms with van der Waals surface area (Å²) in [4.78, 5) is 0. The molecule has 2 heterocycles. The first-order valence-electron chi connectivity index (χ1n) is 5.44. The third-order valence-electron chi connectivity index (χ3n) is 2.98. The molecule has 14 heavy (non-hydrogen) atoms. The van der Waals surface area contributed by atoms with E-state index in [1.165, 1.54) is 12.3 Å². The van der Waals surface area contributed by atoms with Gasteiger partial charge in [0.25, 0.3) is 0 Å². The fourth-order valence-electron chi connectivity index (χ4n) is 1.92. The van der Waals surface area contributed by atoms with E-state index in [-0.39, 0.29) is 5.54 Å². The van der Waals surface area contributed by atoms with E-state index < -0.39 is 0 Å². The Morgan fingerprint density at radius 2 is 2.57 bits per heavy atom. The van der Waals surface area contributed by atoms with Crippen molar-refractivity contribution >= 4 is 11.8 Å². The summed E-state index contributed by atoms with van der Waals surface area (Å²) in [5, 5.41) is 7.81. The minimum Gasteiger partial charge on any atom is -0.379 e. The first-order valence-corrected chi connectivity index (χ1v) is 6.48. The van der Waals surface area contributed by atoms with Gasteiger partial charge in [-0.25, -0.2) is 0 Å². The van der Waals surface area contributed by atoms with Crippen LogP contribution in [-0.2, 0) is 4.74 Å². The second kappa shape index (κ2) is 4.84. The Kier molecular flexibility index (Phi) is 3.71. The normalized spacial score (nSPS) is 38.8. The Labute approximate surface area is 90.3 Å². The van der Waals surface area contributed by atoms with Gasteiger partial charge in [0.15, 0.2) is 0 Å². The zero-order chi connectivity index (χ0) is 9.86. The van der Waals surface area contributed by atoms with Gasteiger partial charge in [-0.3, -0.25) is 0 Å². The van der Waals surface area contributed by atoms with E-state index in [0.29, 0.717) is 0 Å². The van der Waals surface area contributed by atoms with Crippen molar-refractivity contribution in [2.45, 2.75) is 24.1 Å². The summed E-state index contributed by atoms with van der Waals surface area (Å²) in [5.74, 6) is 1.25. The third-order valence-corrected chi connectivity index (χ3v) is 4.22. The van der Waals surface area contributed by atoms with Crippen LogP contribution in [0.5, 0.6) is 0 Å². The summed E-state index contributed by atoms with van der Waals surface area (Å²) in [6.07, 6.45) is 1.15. The predicted molar refractivity (Wildman–Crippen MR) is 61.0 cm³/mol. The van der Waals surface area contributed by atoms with E-state index in [1.807, 2.05) is 0 Å². The Morgan fingerprint density at radius 3 is 3.21 bits per heavy atom. The molecule has 0 saturated carbocycles. The maximum absolute atomic E-state index is 5.42. The fourth-order valence-corrected chi connectivity index (χ4v) is 2.95. The molecule has 82 valence electrons. The Morgan fingerprint density at radius 1 is 1.64 bits per heavy atom. The molecule has 2 fully saturated rings. The predicted octanol–water partition coefficient (Wildman–Crippen LogP) is 0.460. The molecule has 2 saturated heterocycles. The molecular weight excluding hydrogens is 196 g/mol. The molecule has 0 amide bonds. The first kappa shape index (κ1) is 10.7. The molecule has 0 aliphatic carbocycles. The van der Waals surface area contributed by atoms with Crippen LogP contribution in [0.4, 0.5) is 0 Å². The average molecular weight is 216 g/mol. The Balaban J connectivity index is 1.70. The molecule has 2 unspecified atom stereocenters. The summed E-state index contributed by atoms with van der Waals surface area (Å²) < 4.78 is 5.42. The monoisotopic (exact) mass is 216 g/mol. The van der Waals surface area contributed by atoms with Gasteiger partial charge < -0.3 is 15.4 Å². The van der Waals surface area contributed by atoms with Gasteiger partial charge in [0.2, 0.25) is 0 Å². The van der Waals surface area contributed by atoms with Gasteiger partial charge in [0.05, 0.1) is 6.61 Å². The standard InChI is InChI=1S/C10H20N2OS/c1-10(2-4-13-8-10)12-7-9-6-11-3-5-14-9/h9,11-12H,2-8H2,1H3. The fraction of sp³-hybridized carbons (Fsp3) is 1.00. The molecule has 0 aromatic carbocycles. The summed E-state index contributed by atoms with van der Waals surface area (Å²) in [5.41, 5.74) is 0.234. The lowest BCUT2D eigenvalue weighted by molar-refractivity contribution is 0.172. The largest absolute Gasteiger partial charge is 0.379 e. The molecule has 0 aromatic rings. The maximum Gasteiger partial charge on any atom is 0.0646 e. The smallest absolute Gasteiger partial charge is 0.0646 e. The maximum atomic E-state index is 5.42. The molecule has 2 atom stereocenters. The van der Waals surface area contributed by atoms with Crippen LogP contribution in [0.3, 0.4) is 0 Å². The second-order valence-corrected chi connectivity index (χ2v) is 5.85. The van der Waals surface area contributed by atoms with Gasteiger partial charge in [0.1, 0.15) is 0 Å². The van der Waals surface area contributed by atoms with Crippen LogP contribution in [0.1, 0.15) is 13.3 Å². The van der Waals surface area contributed by atoms with E-state index >= 15 is 0 Å². The minimum atomic E-state index is 0.234. The van der Waals surface area contributed by atoms with Gasteiger partial charge >= 0.3 is 0 Å². The number of hydrogen-bond acceptors (Lipinski definition) is 4. The van der Waals surface area contributed by atoms with E-state index in [0.717, 1.165) is 38.0 Å². The summed E-state index contributed by atoms with van der Waals surface area (Å²) in [6.45, 7) is 7.48. The van der Waals surface area contributed by atoms with Crippen LogP contribution in [0.15, 0.2) is 0 Å². The van der Waals surface area contributed by atoms with Gasteiger partial charge in [-0.05, 0) is 13.3 Å². The number of thioether (sulfide) groups is 1. The van der Waals surface area contributed by atoms with Crippen LogP contribution < -0.4 is 10.6 Å². The lowest BCUT2D eigenvalue weighted by atomic mass is 10.0. The average Bonchev–Trinajstić information content (AvgIpc) is 2.65. The summed E-state index contributed by atoms with van der Waals surface area (Å²) >= 11 is 2.08. The molecular formula is C10H20N2OS. The van der Waals surface area contributed by atoms with Crippen molar-refractivity contribution in [1.29, 1.82) is 0 Å². The lowest BCUT2D eigenvalue weighted by Crippen LogP contribution is -2.48. The van der Waals surface area contributed by atoms with Crippen molar-refractivity contribution in [3.05, 3.63) is 0 Å². The molecule has 0 radical (unpaired) electrons. The number of ether oxygens (including phenoxy) is 1. The van der Waals surface area contributed by atoms with Gasteiger partial charge in [-0.2, -0.15) is 11.8 Å². The summed E-state index contributed by atoms with van der Waals surface area (Å²) in [7, 11) is 0. The zero-order valence-corrected chi connectivity index (χ0v) is 9.66. The highest BCUT2D eigenvalue weighted by Gasteiger charge is 2.29. The van der Waals surface area contributed by atoms with E-state index in [9.17, 15) is 0 Å². The molecule has 2 rings (SSSR count). The molecule has 2 aliphatic heterocycles. The highest BCUT2D eigenvalue weighted by Crippen LogP contribution is 2.19. The lowest BCUT2D eigenvalue weighted by Gasteiger charge is -2.29. The molecule has 4 heteroatoms. The van der Waals surface area contributed by atoms with Crippen LogP contribution >= 0.6 is 11.8 Å². The van der Waals surface area contributed by atoms with Crippen LogP contribution in [-0.4, -0.2) is 49.4 Å². The third kappa shape index (κ3) is 2.86. The molecule has 3 nitrogen and oxygen atoms in total.